The van der Waals surface area contributed by atoms with Gasteiger partial charge in [-0.25, -0.2) is 0 Å². The summed E-state index contributed by atoms with van der Waals surface area (Å²) in [5.74, 6) is 2.62. The fourth-order valence-corrected chi connectivity index (χ4v) is 1.36. The Labute approximate surface area is 98.1 Å². The average molecular weight is 214 g/mol. The van der Waals surface area contributed by atoms with Crippen molar-refractivity contribution >= 4 is 0 Å². The lowest BCUT2D eigenvalue weighted by atomic mass is 10.2. The topological polar surface area (TPSA) is 9.23 Å². The summed E-state index contributed by atoms with van der Waals surface area (Å²) in [6.45, 7) is 3.42. The van der Waals surface area contributed by atoms with E-state index in [9.17, 15) is 0 Å². The number of terminal acetylenes is 1. The zero-order chi connectivity index (χ0) is 11.6. The number of allylic oxidation sites excluding steroid dienone is 1. The molecule has 0 heterocycles. The molecule has 1 rings (SSSR count). The molecular formula is C15H18O. The van der Waals surface area contributed by atoms with Gasteiger partial charge in [0, 0.05) is 6.42 Å². The quantitative estimate of drug-likeness (QED) is 0.399. The second-order valence-electron chi connectivity index (χ2n) is 3.77. The molecule has 0 spiro atoms. The third-order valence-electron chi connectivity index (χ3n) is 2.22. The molecule has 1 aromatic carbocycles. The van der Waals surface area contributed by atoms with Gasteiger partial charge >= 0.3 is 0 Å². The number of benzene rings is 1. The lowest BCUT2D eigenvalue weighted by molar-refractivity contribution is 0.142. The Kier molecular flexibility index (Phi) is 6.06. The van der Waals surface area contributed by atoms with Crippen LogP contribution >= 0.6 is 0 Å². The summed E-state index contributed by atoms with van der Waals surface area (Å²) < 4.78 is 5.59. The van der Waals surface area contributed by atoms with Crippen molar-refractivity contribution in [2.75, 3.05) is 6.61 Å². The van der Waals surface area contributed by atoms with Crippen LogP contribution in [0.2, 0.25) is 0 Å². The van der Waals surface area contributed by atoms with Gasteiger partial charge in [-0.2, -0.15) is 0 Å². The molecule has 0 atom stereocenters. The first-order valence-corrected chi connectivity index (χ1v) is 5.53. The lowest BCUT2D eigenvalue weighted by Gasteiger charge is -2.04. The Balaban J connectivity index is 2.21. The first-order chi connectivity index (χ1) is 7.83. The molecule has 0 radical (unpaired) electrons. The Morgan fingerprint density at radius 2 is 2.12 bits per heavy atom. The Bertz CT molecular complexity index is 357. The van der Waals surface area contributed by atoms with Crippen LogP contribution in [0.1, 0.15) is 25.3 Å². The monoisotopic (exact) mass is 214 g/mol. The highest BCUT2D eigenvalue weighted by molar-refractivity contribution is 5.13. The van der Waals surface area contributed by atoms with Crippen molar-refractivity contribution < 1.29 is 4.74 Å². The average Bonchev–Trinajstić information content (AvgIpc) is 2.31. The first kappa shape index (κ1) is 12.5. The third-order valence-corrected chi connectivity index (χ3v) is 2.22. The van der Waals surface area contributed by atoms with Crippen LogP contribution < -0.4 is 0 Å². The van der Waals surface area contributed by atoms with Gasteiger partial charge in [-0.3, -0.25) is 0 Å². The number of hydrogen-bond acceptors (Lipinski definition) is 1. The molecule has 0 aliphatic rings. The molecule has 0 saturated heterocycles. The lowest BCUT2D eigenvalue weighted by Crippen LogP contribution is -1.96. The van der Waals surface area contributed by atoms with Gasteiger partial charge in [0.2, 0.25) is 0 Å². The fraction of sp³-hybridized carbons (Fsp3) is 0.333. The number of hydrogen-bond donors (Lipinski definition) is 0. The minimum Gasteiger partial charge on any atom is -0.372 e. The maximum absolute atomic E-state index is 5.59. The molecule has 16 heavy (non-hydrogen) atoms. The summed E-state index contributed by atoms with van der Waals surface area (Å²) >= 11 is 0. The summed E-state index contributed by atoms with van der Waals surface area (Å²) in [6.07, 6.45) is 9.07. The van der Waals surface area contributed by atoms with Crippen molar-refractivity contribution in [2.45, 2.75) is 26.4 Å². The number of ether oxygens (including phenoxy) is 1. The molecule has 0 saturated carbocycles. The Morgan fingerprint density at radius 1 is 1.38 bits per heavy atom. The van der Waals surface area contributed by atoms with Gasteiger partial charge in [0.25, 0.3) is 0 Å². The molecular weight excluding hydrogens is 196 g/mol. The summed E-state index contributed by atoms with van der Waals surface area (Å²) in [6, 6.07) is 10.2. The molecule has 0 amide bonds. The third kappa shape index (κ3) is 5.38. The highest BCUT2D eigenvalue weighted by atomic mass is 16.5. The van der Waals surface area contributed by atoms with Crippen LogP contribution in [0, 0.1) is 12.3 Å². The van der Waals surface area contributed by atoms with Crippen molar-refractivity contribution in [3.8, 4) is 12.3 Å². The molecule has 0 aromatic heterocycles. The summed E-state index contributed by atoms with van der Waals surface area (Å²) in [5.41, 5.74) is 2.45. The van der Waals surface area contributed by atoms with Crippen LogP contribution in [0.3, 0.4) is 0 Å². The Morgan fingerprint density at radius 3 is 2.81 bits per heavy atom. The van der Waals surface area contributed by atoms with Gasteiger partial charge in [0.1, 0.15) is 0 Å². The zero-order valence-corrected chi connectivity index (χ0v) is 9.78. The van der Waals surface area contributed by atoms with Crippen molar-refractivity contribution in [2.24, 2.45) is 0 Å². The van der Waals surface area contributed by atoms with Crippen LogP contribution in [0.25, 0.3) is 0 Å². The van der Waals surface area contributed by atoms with E-state index in [1.54, 1.807) is 0 Å². The largest absolute Gasteiger partial charge is 0.372 e. The number of unbranched alkanes of at least 4 members (excludes halogenated alkanes) is 1. The zero-order valence-electron chi connectivity index (χ0n) is 9.78. The predicted octanol–water partition coefficient (Wildman–Crippen LogP) is 3.56. The van der Waals surface area contributed by atoms with E-state index < -0.39 is 0 Å². The Hall–Kier alpha value is -1.52. The number of rotatable bonds is 6. The van der Waals surface area contributed by atoms with E-state index in [2.05, 4.69) is 31.1 Å². The highest BCUT2D eigenvalue weighted by Gasteiger charge is 1.93. The van der Waals surface area contributed by atoms with Crippen LogP contribution in [-0.4, -0.2) is 6.61 Å². The van der Waals surface area contributed by atoms with Gasteiger partial charge < -0.3 is 4.74 Å². The summed E-state index contributed by atoms with van der Waals surface area (Å²) in [4.78, 5) is 0. The molecule has 84 valence electrons. The van der Waals surface area contributed by atoms with Gasteiger partial charge in [-0.05, 0) is 18.9 Å². The van der Waals surface area contributed by atoms with E-state index >= 15 is 0 Å². The van der Waals surface area contributed by atoms with E-state index in [0.717, 1.165) is 12.8 Å². The first-order valence-electron chi connectivity index (χ1n) is 5.53. The molecule has 1 heteroatoms. The van der Waals surface area contributed by atoms with Crippen LogP contribution in [0.4, 0.5) is 0 Å². The van der Waals surface area contributed by atoms with Crippen LogP contribution in [0.15, 0.2) is 42.0 Å². The standard InChI is InChI=1S/C15H18O/c1-3-4-6-9-14(2)12-16-13-15-10-7-5-8-11-15/h1,5,7-11H,4,6,12-13H2,2H3/b14-9-. The minimum atomic E-state index is 0.668. The fourth-order valence-electron chi connectivity index (χ4n) is 1.36. The summed E-state index contributed by atoms with van der Waals surface area (Å²) in [5, 5.41) is 0. The summed E-state index contributed by atoms with van der Waals surface area (Å²) in [7, 11) is 0. The van der Waals surface area contributed by atoms with Gasteiger partial charge in [0.05, 0.1) is 13.2 Å². The van der Waals surface area contributed by atoms with Crippen molar-refractivity contribution in [1.29, 1.82) is 0 Å². The van der Waals surface area contributed by atoms with Crippen molar-refractivity contribution in [1.82, 2.24) is 0 Å². The van der Waals surface area contributed by atoms with Crippen molar-refractivity contribution in [3.63, 3.8) is 0 Å². The molecule has 0 bridgehead atoms. The minimum absolute atomic E-state index is 0.668. The van der Waals surface area contributed by atoms with Crippen molar-refractivity contribution in [3.05, 3.63) is 47.5 Å². The molecule has 0 unspecified atom stereocenters. The van der Waals surface area contributed by atoms with E-state index in [1.165, 1.54) is 11.1 Å². The van der Waals surface area contributed by atoms with E-state index in [1.807, 2.05) is 18.2 Å². The molecule has 0 aliphatic carbocycles. The maximum Gasteiger partial charge on any atom is 0.0721 e. The van der Waals surface area contributed by atoms with E-state index in [-0.39, 0.29) is 0 Å². The molecule has 0 fully saturated rings. The van der Waals surface area contributed by atoms with Gasteiger partial charge in [-0.1, -0.05) is 42.0 Å². The predicted molar refractivity (Wildman–Crippen MR) is 67.9 cm³/mol. The maximum atomic E-state index is 5.59. The smallest absolute Gasteiger partial charge is 0.0721 e. The van der Waals surface area contributed by atoms with Crippen LogP contribution in [-0.2, 0) is 11.3 Å². The van der Waals surface area contributed by atoms with E-state index in [0.29, 0.717) is 13.2 Å². The van der Waals surface area contributed by atoms with E-state index in [4.69, 9.17) is 11.2 Å². The SMILES string of the molecule is C#CCC/C=C(/C)COCc1ccccc1. The molecule has 0 N–H and O–H groups in total. The van der Waals surface area contributed by atoms with Gasteiger partial charge in [0.15, 0.2) is 0 Å². The normalized spacial score (nSPS) is 11.1. The highest BCUT2D eigenvalue weighted by Crippen LogP contribution is 2.03. The second-order valence-corrected chi connectivity index (χ2v) is 3.77. The molecule has 0 aliphatic heterocycles. The second kappa shape index (κ2) is 7.73. The van der Waals surface area contributed by atoms with Gasteiger partial charge in [-0.15, -0.1) is 12.3 Å². The molecule has 1 nitrogen and oxygen atoms in total. The molecule has 1 aromatic rings. The van der Waals surface area contributed by atoms with Crippen LogP contribution in [0.5, 0.6) is 0 Å².